The average Bonchev–Trinajstić information content (AvgIpc) is 2.72. The molecule has 0 unspecified atom stereocenters. The Labute approximate surface area is 165 Å². The van der Waals surface area contributed by atoms with Crippen molar-refractivity contribution in [2.75, 3.05) is 13.1 Å². The van der Waals surface area contributed by atoms with E-state index in [1.54, 1.807) is 11.2 Å². The number of benzene rings is 2. The van der Waals surface area contributed by atoms with Crippen LogP contribution in [0.1, 0.15) is 34.8 Å². The molecule has 0 atom stereocenters. The van der Waals surface area contributed by atoms with Crippen molar-refractivity contribution in [1.82, 2.24) is 14.9 Å². The summed E-state index contributed by atoms with van der Waals surface area (Å²) in [7, 11) is 0. The van der Waals surface area contributed by atoms with Crippen LogP contribution in [0.15, 0.2) is 54.9 Å². The van der Waals surface area contributed by atoms with E-state index in [1.807, 2.05) is 24.3 Å². The maximum Gasteiger partial charge on any atom is 0.573 e. The first-order chi connectivity index (χ1) is 13.9. The second kappa shape index (κ2) is 7.69. The van der Waals surface area contributed by atoms with Crippen LogP contribution in [-0.4, -0.2) is 40.2 Å². The van der Waals surface area contributed by atoms with Crippen molar-refractivity contribution in [3.63, 3.8) is 0 Å². The zero-order valence-electron chi connectivity index (χ0n) is 15.4. The molecule has 2 heterocycles. The van der Waals surface area contributed by atoms with Crippen molar-refractivity contribution in [3.8, 4) is 5.75 Å². The third-order valence-corrected chi connectivity index (χ3v) is 5.08. The molecule has 2 aromatic carbocycles. The van der Waals surface area contributed by atoms with E-state index in [-0.39, 0.29) is 17.6 Å². The molecule has 1 aromatic heterocycles. The first-order valence-corrected chi connectivity index (χ1v) is 9.25. The lowest BCUT2D eigenvalue weighted by Gasteiger charge is -2.32. The lowest BCUT2D eigenvalue weighted by atomic mass is 9.90. The Bertz CT molecular complexity index is 1010. The highest BCUT2D eigenvalue weighted by Crippen LogP contribution is 2.31. The summed E-state index contributed by atoms with van der Waals surface area (Å²) < 4.78 is 40.6. The Morgan fingerprint density at radius 3 is 2.38 bits per heavy atom. The van der Waals surface area contributed by atoms with E-state index >= 15 is 0 Å². The molecule has 5 nitrogen and oxygen atoms in total. The third-order valence-electron chi connectivity index (χ3n) is 5.08. The van der Waals surface area contributed by atoms with E-state index in [2.05, 4.69) is 14.7 Å². The van der Waals surface area contributed by atoms with Crippen LogP contribution in [0.4, 0.5) is 13.2 Å². The highest BCUT2D eigenvalue weighted by molar-refractivity contribution is 5.94. The van der Waals surface area contributed by atoms with E-state index in [9.17, 15) is 18.0 Å². The number of ether oxygens (including phenoxy) is 1. The zero-order valence-corrected chi connectivity index (χ0v) is 15.4. The second-order valence-corrected chi connectivity index (χ2v) is 6.91. The first kappa shape index (κ1) is 19.2. The largest absolute Gasteiger partial charge is 0.573 e. The van der Waals surface area contributed by atoms with Gasteiger partial charge in [0.1, 0.15) is 12.1 Å². The van der Waals surface area contributed by atoms with Crippen LogP contribution in [0.25, 0.3) is 10.9 Å². The number of carbonyl (C=O) groups is 1. The summed E-state index contributed by atoms with van der Waals surface area (Å²) in [6, 6.07) is 12.9. The standard InChI is InChI=1S/C21H18F3N3O2/c22-21(23,24)29-16-7-5-15(6-8-16)20(28)27-11-9-14(10-12-27)19-17-3-1-2-4-18(17)25-13-26-19/h1-8,13-14H,9-12H2. The van der Waals surface area contributed by atoms with E-state index in [1.165, 1.54) is 12.1 Å². The molecule has 1 saturated heterocycles. The Morgan fingerprint density at radius 2 is 1.69 bits per heavy atom. The minimum Gasteiger partial charge on any atom is -0.406 e. The minimum atomic E-state index is -4.75. The highest BCUT2D eigenvalue weighted by atomic mass is 19.4. The Balaban J connectivity index is 1.42. The van der Waals surface area contributed by atoms with Gasteiger partial charge in [-0.3, -0.25) is 4.79 Å². The number of para-hydroxylation sites is 1. The number of fused-ring (bicyclic) bond motifs is 1. The van der Waals surface area contributed by atoms with Crippen molar-refractivity contribution in [1.29, 1.82) is 0 Å². The number of aromatic nitrogens is 2. The summed E-state index contributed by atoms with van der Waals surface area (Å²) >= 11 is 0. The monoisotopic (exact) mass is 401 g/mol. The Hall–Kier alpha value is -3.16. The summed E-state index contributed by atoms with van der Waals surface area (Å²) in [5.41, 5.74) is 2.24. The molecule has 0 saturated carbocycles. The van der Waals surface area contributed by atoms with E-state index in [4.69, 9.17) is 0 Å². The number of hydrogen-bond donors (Lipinski definition) is 0. The Morgan fingerprint density at radius 1 is 1.00 bits per heavy atom. The summed E-state index contributed by atoms with van der Waals surface area (Å²) in [6.45, 7) is 1.12. The molecule has 0 bridgehead atoms. The fraction of sp³-hybridized carbons (Fsp3) is 0.286. The van der Waals surface area contributed by atoms with Gasteiger partial charge in [-0.15, -0.1) is 13.2 Å². The number of alkyl halides is 3. The Kier molecular flexibility index (Phi) is 5.08. The van der Waals surface area contributed by atoms with Gasteiger partial charge in [0.2, 0.25) is 0 Å². The maximum atomic E-state index is 12.7. The number of hydrogen-bond acceptors (Lipinski definition) is 4. The number of piperidine rings is 1. The minimum absolute atomic E-state index is 0.199. The molecule has 1 amide bonds. The molecule has 1 fully saturated rings. The number of amides is 1. The van der Waals surface area contributed by atoms with Gasteiger partial charge >= 0.3 is 6.36 Å². The molecule has 3 aromatic rings. The van der Waals surface area contributed by atoms with Crippen LogP contribution in [0, 0.1) is 0 Å². The number of halogens is 3. The normalized spacial score (nSPS) is 15.5. The summed E-state index contributed by atoms with van der Waals surface area (Å²) in [4.78, 5) is 23.2. The number of likely N-dealkylation sites (tertiary alicyclic amines) is 1. The van der Waals surface area contributed by atoms with Crippen LogP contribution in [0.3, 0.4) is 0 Å². The number of nitrogens with zero attached hydrogens (tertiary/aromatic N) is 3. The van der Waals surface area contributed by atoms with Gasteiger partial charge in [0.05, 0.1) is 11.2 Å². The summed E-state index contributed by atoms with van der Waals surface area (Å²) in [6.07, 6.45) is -1.65. The number of rotatable bonds is 3. The average molecular weight is 401 g/mol. The van der Waals surface area contributed by atoms with Gasteiger partial charge in [-0.05, 0) is 43.2 Å². The molecule has 1 aliphatic heterocycles. The maximum absolute atomic E-state index is 12.7. The molecular weight excluding hydrogens is 383 g/mol. The lowest BCUT2D eigenvalue weighted by Crippen LogP contribution is -2.38. The van der Waals surface area contributed by atoms with E-state index < -0.39 is 6.36 Å². The lowest BCUT2D eigenvalue weighted by molar-refractivity contribution is -0.274. The summed E-state index contributed by atoms with van der Waals surface area (Å²) in [5.74, 6) is -0.313. The van der Waals surface area contributed by atoms with Crippen LogP contribution in [0.5, 0.6) is 5.75 Å². The SMILES string of the molecule is O=C(c1ccc(OC(F)(F)F)cc1)N1CCC(c2ncnc3ccccc23)CC1. The predicted molar refractivity (Wildman–Crippen MR) is 101 cm³/mol. The van der Waals surface area contributed by atoms with Crippen molar-refractivity contribution in [2.24, 2.45) is 0 Å². The van der Waals surface area contributed by atoms with Gasteiger partial charge in [-0.1, -0.05) is 18.2 Å². The van der Waals surface area contributed by atoms with Crippen LogP contribution in [0.2, 0.25) is 0 Å². The highest BCUT2D eigenvalue weighted by Gasteiger charge is 2.31. The quantitative estimate of drug-likeness (QED) is 0.646. The smallest absolute Gasteiger partial charge is 0.406 e. The van der Waals surface area contributed by atoms with Crippen LogP contribution in [-0.2, 0) is 0 Å². The van der Waals surface area contributed by atoms with Crippen LogP contribution < -0.4 is 4.74 Å². The molecule has 4 rings (SSSR count). The molecule has 0 N–H and O–H groups in total. The fourth-order valence-electron chi connectivity index (χ4n) is 3.69. The van der Waals surface area contributed by atoms with Gasteiger partial charge in [-0.2, -0.15) is 0 Å². The molecule has 150 valence electrons. The van der Waals surface area contributed by atoms with Crippen molar-refractivity contribution >= 4 is 16.8 Å². The molecule has 29 heavy (non-hydrogen) atoms. The van der Waals surface area contributed by atoms with Crippen molar-refractivity contribution in [2.45, 2.75) is 25.1 Å². The predicted octanol–water partition coefficient (Wildman–Crippen LogP) is 4.55. The molecule has 0 spiro atoms. The van der Waals surface area contributed by atoms with Gasteiger partial charge in [-0.25, -0.2) is 9.97 Å². The molecular formula is C21H18F3N3O2. The number of carbonyl (C=O) groups excluding carboxylic acids is 1. The van der Waals surface area contributed by atoms with Gasteiger partial charge in [0.25, 0.3) is 5.91 Å². The molecule has 0 radical (unpaired) electrons. The van der Waals surface area contributed by atoms with Crippen molar-refractivity contribution < 1.29 is 22.7 Å². The van der Waals surface area contributed by atoms with Crippen molar-refractivity contribution in [3.05, 3.63) is 66.1 Å². The van der Waals surface area contributed by atoms with Gasteiger partial charge < -0.3 is 9.64 Å². The van der Waals surface area contributed by atoms with Crippen LogP contribution >= 0.6 is 0 Å². The van der Waals surface area contributed by atoms with Gasteiger partial charge in [0, 0.05) is 30.0 Å². The van der Waals surface area contributed by atoms with E-state index in [0.29, 0.717) is 18.7 Å². The van der Waals surface area contributed by atoms with Gasteiger partial charge in [0.15, 0.2) is 0 Å². The molecule has 8 heteroatoms. The first-order valence-electron chi connectivity index (χ1n) is 9.25. The van der Waals surface area contributed by atoms with E-state index in [0.717, 1.165) is 41.6 Å². The summed E-state index contributed by atoms with van der Waals surface area (Å²) in [5, 5.41) is 1.03. The molecule has 1 aliphatic rings. The fourth-order valence-corrected chi connectivity index (χ4v) is 3.69. The molecule has 0 aliphatic carbocycles. The second-order valence-electron chi connectivity index (χ2n) is 6.91. The zero-order chi connectivity index (χ0) is 20.4. The topological polar surface area (TPSA) is 55.3 Å². The third kappa shape index (κ3) is 4.31.